The summed E-state index contributed by atoms with van der Waals surface area (Å²) in [6, 6.07) is 29.1. The Balaban J connectivity index is 1.84. The summed E-state index contributed by atoms with van der Waals surface area (Å²) in [6.45, 7) is 6.68. The van der Waals surface area contributed by atoms with Gasteiger partial charge in [-0.1, -0.05) is 103 Å². The zero-order chi connectivity index (χ0) is 20.4. The van der Waals surface area contributed by atoms with Crippen LogP contribution in [0.5, 0.6) is 0 Å². The van der Waals surface area contributed by atoms with Crippen molar-refractivity contribution in [3.8, 4) is 33.9 Å². The third-order valence-electron chi connectivity index (χ3n) is 4.94. The van der Waals surface area contributed by atoms with Crippen LogP contribution >= 0.6 is 15.9 Å². The molecule has 3 heteroatoms. The third-order valence-corrected chi connectivity index (χ3v) is 5.47. The Morgan fingerprint density at radius 2 is 1.14 bits per heavy atom. The van der Waals surface area contributed by atoms with Crippen LogP contribution in [0.25, 0.3) is 33.9 Å². The lowest BCUT2D eigenvalue weighted by atomic mass is 9.86. The van der Waals surface area contributed by atoms with Crippen molar-refractivity contribution < 1.29 is 0 Å². The van der Waals surface area contributed by atoms with Crippen LogP contribution in [0.1, 0.15) is 26.3 Å². The minimum absolute atomic E-state index is 0.127. The first-order valence-electron chi connectivity index (χ1n) is 9.71. The van der Waals surface area contributed by atoms with E-state index in [0.29, 0.717) is 0 Å². The number of nitrogens with zero attached hydrogens (tertiary/aromatic N) is 2. The minimum atomic E-state index is 0.127. The summed E-state index contributed by atoms with van der Waals surface area (Å²) >= 11 is 3.51. The number of hydrogen-bond acceptors (Lipinski definition) is 2. The van der Waals surface area contributed by atoms with E-state index in [1.165, 1.54) is 5.56 Å². The predicted molar refractivity (Wildman–Crippen MR) is 125 cm³/mol. The van der Waals surface area contributed by atoms with Crippen molar-refractivity contribution in [2.45, 2.75) is 26.2 Å². The maximum absolute atomic E-state index is 4.89. The van der Waals surface area contributed by atoms with Gasteiger partial charge in [-0.05, 0) is 29.2 Å². The number of rotatable bonds is 3. The van der Waals surface area contributed by atoms with Gasteiger partial charge in [-0.25, -0.2) is 9.97 Å². The maximum atomic E-state index is 4.89. The van der Waals surface area contributed by atoms with E-state index in [1.807, 2.05) is 42.5 Å². The second-order valence-electron chi connectivity index (χ2n) is 8.16. The van der Waals surface area contributed by atoms with Gasteiger partial charge in [0.25, 0.3) is 0 Å². The molecule has 0 saturated heterocycles. The molecule has 1 heterocycles. The monoisotopic (exact) mass is 442 g/mol. The lowest BCUT2D eigenvalue weighted by Crippen LogP contribution is -2.10. The van der Waals surface area contributed by atoms with Crippen LogP contribution in [-0.2, 0) is 5.41 Å². The highest BCUT2D eigenvalue weighted by atomic mass is 79.9. The molecule has 29 heavy (non-hydrogen) atoms. The van der Waals surface area contributed by atoms with Gasteiger partial charge in [0.15, 0.2) is 5.82 Å². The Labute approximate surface area is 180 Å². The molecule has 0 aliphatic carbocycles. The molecule has 0 amide bonds. The van der Waals surface area contributed by atoms with Crippen LogP contribution < -0.4 is 0 Å². The SMILES string of the molecule is CC(C)(C)c1ccc(-c2cc(-c3ccc(Br)cc3)nc(-c3ccccc3)n2)cc1. The molecule has 0 radical (unpaired) electrons. The fraction of sp³-hybridized carbons (Fsp3) is 0.154. The summed E-state index contributed by atoms with van der Waals surface area (Å²) in [7, 11) is 0. The van der Waals surface area contributed by atoms with Crippen molar-refractivity contribution in [2.75, 3.05) is 0 Å². The first-order valence-corrected chi connectivity index (χ1v) is 10.5. The average molecular weight is 443 g/mol. The number of benzene rings is 3. The van der Waals surface area contributed by atoms with Crippen molar-refractivity contribution in [2.24, 2.45) is 0 Å². The molecule has 1 aromatic heterocycles. The molecule has 0 bridgehead atoms. The van der Waals surface area contributed by atoms with Gasteiger partial charge >= 0.3 is 0 Å². The molecule has 4 aromatic rings. The van der Waals surface area contributed by atoms with E-state index in [4.69, 9.17) is 9.97 Å². The number of hydrogen-bond donors (Lipinski definition) is 0. The highest BCUT2D eigenvalue weighted by Crippen LogP contribution is 2.30. The summed E-state index contributed by atoms with van der Waals surface area (Å²) in [6.07, 6.45) is 0. The van der Waals surface area contributed by atoms with E-state index >= 15 is 0 Å². The van der Waals surface area contributed by atoms with Crippen LogP contribution in [-0.4, -0.2) is 9.97 Å². The van der Waals surface area contributed by atoms with Gasteiger partial charge in [-0.15, -0.1) is 0 Å². The largest absolute Gasteiger partial charge is 0.228 e. The normalized spacial score (nSPS) is 11.4. The van der Waals surface area contributed by atoms with Crippen molar-refractivity contribution in [3.63, 3.8) is 0 Å². The molecular weight excluding hydrogens is 420 g/mol. The van der Waals surface area contributed by atoms with E-state index in [-0.39, 0.29) is 5.41 Å². The predicted octanol–water partition coefficient (Wildman–Crippen LogP) is 7.54. The molecule has 0 saturated carbocycles. The summed E-state index contributed by atoms with van der Waals surface area (Å²) in [5.74, 6) is 0.737. The Morgan fingerprint density at radius 1 is 0.621 bits per heavy atom. The molecular formula is C26H23BrN2. The molecule has 144 valence electrons. The van der Waals surface area contributed by atoms with E-state index in [2.05, 4.69) is 79.2 Å². The molecule has 4 rings (SSSR count). The molecule has 2 nitrogen and oxygen atoms in total. The zero-order valence-corrected chi connectivity index (χ0v) is 18.4. The quantitative estimate of drug-likeness (QED) is 0.327. The molecule has 0 aliphatic rings. The lowest BCUT2D eigenvalue weighted by Gasteiger charge is -2.19. The van der Waals surface area contributed by atoms with Crippen molar-refractivity contribution in [1.82, 2.24) is 9.97 Å². The lowest BCUT2D eigenvalue weighted by molar-refractivity contribution is 0.590. The summed E-state index contributed by atoms with van der Waals surface area (Å²) in [5.41, 5.74) is 6.46. The second-order valence-corrected chi connectivity index (χ2v) is 9.08. The van der Waals surface area contributed by atoms with Gasteiger partial charge in [-0.3, -0.25) is 0 Å². The topological polar surface area (TPSA) is 25.8 Å². The summed E-state index contributed by atoms with van der Waals surface area (Å²) in [4.78, 5) is 9.75. The maximum Gasteiger partial charge on any atom is 0.160 e. The third kappa shape index (κ3) is 4.46. The van der Waals surface area contributed by atoms with E-state index in [1.54, 1.807) is 0 Å². The number of aromatic nitrogens is 2. The summed E-state index contributed by atoms with van der Waals surface area (Å²) < 4.78 is 1.05. The molecule has 0 unspecified atom stereocenters. The van der Waals surface area contributed by atoms with Gasteiger partial charge in [0.05, 0.1) is 11.4 Å². The fourth-order valence-electron chi connectivity index (χ4n) is 3.22. The highest BCUT2D eigenvalue weighted by Gasteiger charge is 2.14. The van der Waals surface area contributed by atoms with Crippen LogP contribution in [0, 0.1) is 0 Å². The van der Waals surface area contributed by atoms with Gasteiger partial charge in [0.1, 0.15) is 0 Å². The first-order chi connectivity index (χ1) is 13.9. The molecule has 3 aromatic carbocycles. The highest BCUT2D eigenvalue weighted by molar-refractivity contribution is 9.10. The smallest absolute Gasteiger partial charge is 0.160 e. The minimum Gasteiger partial charge on any atom is -0.228 e. The van der Waals surface area contributed by atoms with E-state index < -0.39 is 0 Å². The van der Waals surface area contributed by atoms with Crippen LogP contribution in [0.3, 0.4) is 0 Å². The molecule has 0 N–H and O–H groups in total. The van der Waals surface area contributed by atoms with Gasteiger partial charge in [0.2, 0.25) is 0 Å². The number of halogens is 1. The van der Waals surface area contributed by atoms with E-state index in [0.717, 1.165) is 38.4 Å². The Kier molecular flexibility index (Phi) is 5.33. The van der Waals surface area contributed by atoms with Crippen molar-refractivity contribution >= 4 is 15.9 Å². The van der Waals surface area contributed by atoms with Gasteiger partial charge in [0, 0.05) is 21.2 Å². The second kappa shape index (κ2) is 7.92. The first kappa shape index (κ1) is 19.5. The van der Waals surface area contributed by atoms with E-state index in [9.17, 15) is 0 Å². The van der Waals surface area contributed by atoms with Crippen LogP contribution in [0.2, 0.25) is 0 Å². The fourth-order valence-corrected chi connectivity index (χ4v) is 3.49. The molecule has 0 fully saturated rings. The average Bonchev–Trinajstić information content (AvgIpc) is 2.74. The Bertz CT molecular complexity index is 1110. The molecule has 0 aliphatic heterocycles. The molecule has 0 spiro atoms. The van der Waals surface area contributed by atoms with Crippen LogP contribution in [0.15, 0.2) is 89.4 Å². The standard InChI is InChI=1S/C26H23BrN2/c1-26(2,3)21-13-9-18(10-14-21)23-17-24(19-11-15-22(27)16-12-19)29-25(28-23)20-7-5-4-6-8-20/h4-17H,1-3H3. The van der Waals surface area contributed by atoms with Gasteiger partial charge in [-0.2, -0.15) is 0 Å². The zero-order valence-electron chi connectivity index (χ0n) is 16.9. The Morgan fingerprint density at radius 3 is 1.66 bits per heavy atom. The van der Waals surface area contributed by atoms with Crippen molar-refractivity contribution in [1.29, 1.82) is 0 Å². The molecule has 0 atom stereocenters. The van der Waals surface area contributed by atoms with Crippen molar-refractivity contribution in [3.05, 3.63) is 95.0 Å². The summed E-state index contributed by atoms with van der Waals surface area (Å²) in [5, 5.41) is 0. The van der Waals surface area contributed by atoms with Crippen LogP contribution in [0.4, 0.5) is 0 Å². The van der Waals surface area contributed by atoms with Gasteiger partial charge < -0.3 is 0 Å². The Hall–Kier alpha value is -2.78.